The molecule has 0 radical (unpaired) electrons. The van der Waals surface area contributed by atoms with Gasteiger partial charge in [0.05, 0.1) is 11.7 Å². The van der Waals surface area contributed by atoms with Gasteiger partial charge in [-0.05, 0) is 23.8 Å². The Morgan fingerprint density at radius 1 is 1.11 bits per heavy atom. The topological polar surface area (TPSA) is 84.9 Å². The van der Waals surface area contributed by atoms with Gasteiger partial charge in [0.15, 0.2) is 0 Å². The molecule has 0 amide bonds. The molecule has 0 bridgehead atoms. The van der Waals surface area contributed by atoms with Gasteiger partial charge in [-0.15, -0.1) is 0 Å². The summed E-state index contributed by atoms with van der Waals surface area (Å²) in [6, 6.07) is 7.34. The average Bonchev–Trinajstić information content (AvgIpc) is 2.40. The van der Waals surface area contributed by atoms with Gasteiger partial charge in [-0.3, -0.25) is 4.98 Å². The molecule has 3 rings (SSSR count). The highest BCUT2D eigenvalue weighted by Gasteiger charge is 2.06. The average molecular weight is 238 g/mol. The van der Waals surface area contributed by atoms with Crippen LogP contribution in [0.1, 0.15) is 0 Å². The van der Waals surface area contributed by atoms with E-state index >= 15 is 0 Å². The number of fused-ring (bicyclic) bond motifs is 1. The summed E-state index contributed by atoms with van der Waals surface area (Å²) in [5.41, 5.74) is 8.15. The number of hydrogen-bond acceptors (Lipinski definition) is 5. The fourth-order valence-electron chi connectivity index (χ4n) is 1.87. The number of aromatic nitrogens is 3. The largest absolute Gasteiger partial charge is 0.506 e. The zero-order chi connectivity index (χ0) is 12.5. The maximum absolute atomic E-state index is 9.78. The minimum Gasteiger partial charge on any atom is -0.506 e. The number of nitrogen functional groups attached to an aromatic ring is 1. The lowest BCUT2D eigenvalue weighted by atomic mass is 10.0. The van der Waals surface area contributed by atoms with E-state index in [-0.39, 0.29) is 5.75 Å². The fraction of sp³-hybridized carbons (Fsp3) is 0. The van der Waals surface area contributed by atoms with Crippen LogP contribution in [-0.4, -0.2) is 20.1 Å². The summed E-state index contributed by atoms with van der Waals surface area (Å²) in [5.74, 6) is 0.558. The van der Waals surface area contributed by atoms with Crippen LogP contribution in [0.15, 0.2) is 43.0 Å². The Labute approximate surface area is 103 Å². The Morgan fingerprint density at radius 2 is 2.00 bits per heavy atom. The minimum atomic E-state index is 0.132. The van der Waals surface area contributed by atoms with Crippen LogP contribution in [0.2, 0.25) is 0 Å². The van der Waals surface area contributed by atoms with Crippen LogP contribution < -0.4 is 5.73 Å². The second-order valence-corrected chi connectivity index (χ2v) is 3.88. The van der Waals surface area contributed by atoms with Gasteiger partial charge in [0.2, 0.25) is 0 Å². The van der Waals surface area contributed by atoms with Gasteiger partial charge in [0.25, 0.3) is 0 Å². The number of hydrogen-bond donors (Lipinski definition) is 2. The molecule has 0 unspecified atom stereocenters. The van der Waals surface area contributed by atoms with Crippen molar-refractivity contribution >= 4 is 16.7 Å². The van der Waals surface area contributed by atoms with Crippen LogP contribution in [-0.2, 0) is 0 Å². The smallest absolute Gasteiger partial charge is 0.141 e. The van der Waals surface area contributed by atoms with E-state index in [1.807, 2.05) is 18.2 Å². The number of nitrogens with zero attached hydrogens (tertiary/aromatic N) is 3. The van der Waals surface area contributed by atoms with E-state index in [0.29, 0.717) is 11.4 Å². The Morgan fingerprint density at radius 3 is 2.83 bits per heavy atom. The van der Waals surface area contributed by atoms with Crippen molar-refractivity contribution in [3.05, 3.63) is 43.0 Å². The number of rotatable bonds is 1. The van der Waals surface area contributed by atoms with Crippen LogP contribution in [0.4, 0.5) is 5.82 Å². The number of pyridine rings is 1. The molecule has 0 atom stereocenters. The number of nitrogens with two attached hydrogens (primary N) is 1. The van der Waals surface area contributed by atoms with Gasteiger partial charge in [0, 0.05) is 17.1 Å². The summed E-state index contributed by atoms with van der Waals surface area (Å²) in [6.07, 6.45) is 4.47. The third kappa shape index (κ3) is 1.62. The fourth-order valence-corrected chi connectivity index (χ4v) is 1.87. The SMILES string of the molecule is Nc1ncnc2ccc(-c3ccncc3O)cc12. The Hall–Kier alpha value is -2.69. The molecule has 5 nitrogen and oxygen atoms in total. The normalized spacial score (nSPS) is 10.7. The monoisotopic (exact) mass is 238 g/mol. The number of anilines is 1. The van der Waals surface area contributed by atoms with Crippen molar-refractivity contribution in [1.29, 1.82) is 0 Å². The summed E-state index contributed by atoms with van der Waals surface area (Å²) >= 11 is 0. The zero-order valence-electron chi connectivity index (χ0n) is 9.41. The Balaban J connectivity index is 2.26. The molecule has 0 saturated carbocycles. The van der Waals surface area contributed by atoms with Crippen molar-refractivity contribution < 1.29 is 5.11 Å². The molecular formula is C13H10N4O. The third-order valence-electron chi connectivity index (χ3n) is 2.78. The van der Waals surface area contributed by atoms with Gasteiger partial charge < -0.3 is 10.8 Å². The molecule has 3 N–H and O–H groups in total. The van der Waals surface area contributed by atoms with E-state index in [2.05, 4.69) is 15.0 Å². The van der Waals surface area contributed by atoms with Crippen molar-refractivity contribution in [1.82, 2.24) is 15.0 Å². The molecule has 2 heterocycles. The van der Waals surface area contributed by atoms with Crippen molar-refractivity contribution in [2.75, 3.05) is 5.73 Å². The van der Waals surface area contributed by atoms with Crippen LogP contribution in [0.5, 0.6) is 5.75 Å². The molecule has 0 aliphatic carbocycles. The summed E-state index contributed by atoms with van der Waals surface area (Å²) in [4.78, 5) is 11.9. The highest BCUT2D eigenvalue weighted by molar-refractivity contribution is 5.92. The van der Waals surface area contributed by atoms with E-state index < -0.39 is 0 Å². The van der Waals surface area contributed by atoms with E-state index in [4.69, 9.17) is 5.73 Å². The lowest BCUT2D eigenvalue weighted by molar-refractivity contribution is 0.475. The quantitative estimate of drug-likeness (QED) is 0.677. The molecule has 0 spiro atoms. The van der Waals surface area contributed by atoms with Crippen molar-refractivity contribution in [3.63, 3.8) is 0 Å². The van der Waals surface area contributed by atoms with Crippen LogP contribution in [0, 0.1) is 0 Å². The molecule has 0 aliphatic heterocycles. The second kappa shape index (κ2) is 3.96. The van der Waals surface area contributed by atoms with Crippen LogP contribution in [0.25, 0.3) is 22.0 Å². The lowest BCUT2D eigenvalue weighted by Gasteiger charge is -2.06. The maximum atomic E-state index is 9.78. The highest BCUT2D eigenvalue weighted by atomic mass is 16.3. The van der Waals surface area contributed by atoms with Gasteiger partial charge >= 0.3 is 0 Å². The third-order valence-corrected chi connectivity index (χ3v) is 2.78. The van der Waals surface area contributed by atoms with E-state index in [1.165, 1.54) is 12.5 Å². The number of aromatic hydroxyl groups is 1. The highest BCUT2D eigenvalue weighted by Crippen LogP contribution is 2.30. The first kappa shape index (κ1) is 10.5. The second-order valence-electron chi connectivity index (χ2n) is 3.88. The Kier molecular flexibility index (Phi) is 2.30. The molecule has 3 aromatic rings. The molecule has 18 heavy (non-hydrogen) atoms. The van der Waals surface area contributed by atoms with Gasteiger partial charge in [-0.25, -0.2) is 9.97 Å². The standard InChI is InChI=1S/C13H10N4O/c14-13-10-5-8(1-2-11(10)16-7-17-13)9-3-4-15-6-12(9)18/h1-7,18H,(H2,14,16,17). The van der Waals surface area contributed by atoms with Gasteiger partial charge in [-0.1, -0.05) is 6.07 Å². The molecule has 1 aromatic carbocycles. The van der Waals surface area contributed by atoms with Crippen molar-refractivity contribution in [2.24, 2.45) is 0 Å². The summed E-state index contributed by atoms with van der Waals surface area (Å²) in [6.45, 7) is 0. The first-order valence-electron chi connectivity index (χ1n) is 5.39. The maximum Gasteiger partial charge on any atom is 0.141 e. The predicted molar refractivity (Wildman–Crippen MR) is 68.8 cm³/mol. The molecule has 2 aromatic heterocycles. The van der Waals surface area contributed by atoms with E-state index in [1.54, 1.807) is 12.3 Å². The van der Waals surface area contributed by atoms with Crippen molar-refractivity contribution in [3.8, 4) is 16.9 Å². The van der Waals surface area contributed by atoms with Gasteiger partial charge in [0.1, 0.15) is 17.9 Å². The molecule has 0 fully saturated rings. The molecule has 0 saturated heterocycles. The van der Waals surface area contributed by atoms with E-state index in [9.17, 15) is 5.11 Å². The first-order valence-corrected chi connectivity index (χ1v) is 5.39. The van der Waals surface area contributed by atoms with Crippen LogP contribution >= 0.6 is 0 Å². The summed E-state index contributed by atoms with van der Waals surface area (Å²) in [7, 11) is 0. The minimum absolute atomic E-state index is 0.132. The molecule has 5 heteroatoms. The summed E-state index contributed by atoms with van der Waals surface area (Å²) < 4.78 is 0. The van der Waals surface area contributed by atoms with Gasteiger partial charge in [-0.2, -0.15) is 0 Å². The van der Waals surface area contributed by atoms with Crippen molar-refractivity contribution in [2.45, 2.75) is 0 Å². The molecule has 88 valence electrons. The predicted octanol–water partition coefficient (Wildman–Crippen LogP) is 1.98. The first-order chi connectivity index (χ1) is 8.75. The summed E-state index contributed by atoms with van der Waals surface area (Å²) in [5, 5.41) is 10.5. The zero-order valence-corrected chi connectivity index (χ0v) is 9.41. The number of benzene rings is 1. The van der Waals surface area contributed by atoms with E-state index in [0.717, 1.165) is 16.5 Å². The van der Waals surface area contributed by atoms with Crippen LogP contribution in [0.3, 0.4) is 0 Å². The lowest BCUT2D eigenvalue weighted by Crippen LogP contribution is -1.93. The molecule has 0 aliphatic rings. The Bertz CT molecular complexity index is 727. The molecular weight excluding hydrogens is 228 g/mol.